The molecule has 0 bridgehead atoms. The Morgan fingerprint density at radius 2 is 1.19 bits per heavy atom. The second kappa shape index (κ2) is 14.1. The minimum absolute atomic E-state index is 0.844. The van der Waals surface area contributed by atoms with Gasteiger partial charge in [0.1, 0.15) is 0 Å². The Balaban J connectivity index is 0.000000213. The summed E-state index contributed by atoms with van der Waals surface area (Å²) in [5.41, 5.74) is 0. The number of hydrogen-bond donors (Lipinski definition) is 0. The van der Waals surface area contributed by atoms with Crippen molar-refractivity contribution in [3.63, 3.8) is 0 Å². The van der Waals surface area contributed by atoms with Crippen molar-refractivity contribution in [1.29, 1.82) is 0 Å². The van der Waals surface area contributed by atoms with E-state index in [0.29, 0.717) is 0 Å². The van der Waals surface area contributed by atoms with Crippen LogP contribution in [-0.2, 0) is 9.47 Å². The van der Waals surface area contributed by atoms with E-state index in [4.69, 9.17) is 9.47 Å². The molecule has 0 atom stereocenters. The van der Waals surface area contributed by atoms with E-state index in [1.807, 2.05) is 50.2 Å². The molecule has 1 saturated heterocycles. The molecule has 2 heteroatoms. The van der Waals surface area contributed by atoms with Gasteiger partial charge in [0.25, 0.3) is 0 Å². The molecule has 1 heterocycles. The fraction of sp³-hybridized carbons (Fsp3) is 0.571. The van der Waals surface area contributed by atoms with E-state index in [1.165, 1.54) is 12.8 Å². The van der Waals surface area contributed by atoms with E-state index in [1.54, 1.807) is 0 Å². The summed E-state index contributed by atoms with van der Waals surface area (Å²) in [5.74, 6) is 0. The standard InChI is InChI=1S/C6H6.C4H8O.C4H10O/c1-2-4-6-5-3-1;1-2-4-5-3-1;1-3-5-4-2/h1-6H;1-4H2;3-4H2,1-2H3. The van der Waals surface area contributed by atoms with Crippen LogP contribution in [0.4, 0.5) is 0 Å². The predicted molar refractivity (Wildman–Crippen MR) is 68.7 cm³/mol. The molecule has 92 valence electrons. The molecule has 0 aromatic heterocycles. The van der Waals surface area contributed by atoms with Gasteiger partial charge in [-0.2, -0.15) is 0 Å². The van der Waals surface area contributed by atoms with Gasteiger partial charge in [-0.25, -0.2) is 0 Å². The Bertz CT molecular complexity index is 159. The first-order valence-corrected chi connectivity index (χ1v) is 6.07. The van der Waals surface area contributed by atoms with E-state index in [9.17, 15) is 0 Å². The van der Waals surface area contributed by atoms with Crippen molar-refractivity contribution in [3.8, 4) is 0 Å². The van der Waals surface area contributed by atoms with Gasteiger partial charge in [0.2, 0.25) is 0 Å². The lowest BCUT2D eigenvalue weighted by Crippen LogP contribution is -1.84. The average Bonchev–Trinajstić information content (AvgIpc) is 2.92. The van der Waals surface area contributed by atoms with Crippen molar-refractivity contribution in [2.45, 2.75) is 26.7 Å². The SMILES string of the molecule is C1CCOC1.CCOCC.c1ccccc1. The van der Waals surface area contributed by atoms with Gasteiger partial charge in [-0.3, -0.25) is 0 Å². The van der Waals surface area contributed by atoms with E-state index in [-0.39, 0.29) is 0 Å². The molecule has 16 heavy (non-hydrogen) atoms. The smallest absolute Gasteiger partial charge is 0.0466 e. The molecule has 1 aliphatic heterocycles. The van der Waals surface area contributed by atoms with Crippen molar-refractivity contribution in [1.82, 2.24) is 0 Å². The van der Waals surface area contributed by atoms with Crippen LogP contribution in [-0.4, -0.2) is 26.4 Å². The molecule has 1 aliphatic rings. The fourth-order valence-corrected chi connectivity index (χ4v) is 1.10. The van der Waals surface area contributed by atoms with Crippen LogP contribution < -0.4 is 0 Å². The molecule has 0 saturated carbocycles. The van der Waals surface area contributed by atoms with Crippen LogP contribution in [0.15, 0.2) is 36.4 Å². The van der Waals surface area contributed by atoms with Crippen LogP contribution >= 0.6 is 0 Å². The Morgan fingerprint density at radius 3 is 1.31 bits per heavy atom. The van der Waals surface area contributed by atoms with Crippen LogP contribution in [0.5, 0.6) is 0 Å². The molecule has 0 N–H and O–H groups in total. The van der Waals surface area contributed by atoms with Crippen LogP contribution in [0, 0.1) is 0 Å². The minimum Gasteiger partial charge on any atom is -0.382 e. The third kappa shape index (κ3) is 13.1. The number of hydrogen-bond acceptors (Lipinski definition) is 2. The molecule has 0 aliphatic carbocycles. The molecule has 1 aromatic rings. The molecule has 2 nitrogen and oxygen atoms in total. The molecule has 1 aromatic carbocycles. The quantitative estimate of drug-likeness (QED) is 0.765. The molecule has 2 rings (SSSR count). The van der Waals surface area contributed by atoms with Crippen LogP contribution in [0.1, 0.15) is 26.7 Å². The zero-order valence-corrected chi connectivity index (χ0v) is 10.5. The van der Waals surface area contributed by atoms with Crippen molar-refractivity contribution in [3.05, 3.63) is 36.4 Å². The molecular formula is C14H24O2. The molecule has 0 radical (unpaired) electrons. The van der Waals surface area contributed by atoms with Gasteiger partial charge in [-0.15, -0.1) is 0 Å². The second-order valence-electron chi connectivity index (χ2n) is 3.26. The molecule has 0 amide bonds. The number of benzene rings is 1. The van der Waals surface area contributed by atoms with Gasteiger partial charge in [0.15, 0.2) is 0 Å². The summed E-state index contributed by atoms with van der Waals surface area (Å²) in [4.78, 5) is 0. The molecule has 0 unspecified atom stereocenters. The predicted octanol–water partition coefficient (Wildman–Crippen LogP) is 3.53. The Hall–Kier alpha value is -0.860. The highest BCUT2D eigenvalue weighted by Gasteiger charge is 1.94. The van der Waals surface area contributed by atoms with E-state index in [0.717, 1.165) is 26.4 Å². The monoisotopic (exact) mass is 224 g/mol. The summed E-state index contributed by atoms with van der Waals surface area (Å²) >= 11 is 0. The first kappa shape index (κ1) is 15.1. The topological polar surface area (TPSA) is 18.5 Å². The summed E-state index contributed by atoms with van der Waals surface area (Å²) in [7, 11) is 0. The third-order valence-electron chi connectivity index (χ3n) is 1.90. The third-order valence-corrected chi connectivity index (χ3v) is 1.90. The van der Waals surface area contributed by atoms with Crippen molar-refractivity contribution in [2.24, 2.45) is 0 Å². The number of rotatable bonds is 2. The summed E-state index contributed by atoms with van der Waals surface area (Å²) in [5, 5.41) is 0. The van der Waals surface area contributed by atoms with E-state index < -0.39 is 0 Å². The van der Waals surface area contributed by atoms with Crippen LogP contribution in [0.2, 0.25) is 0 Å². The Kier molecular flexibility index (Phi) is 13.4. The molecule has 0 spiro atoms. The fourth-order valence-electron chi connectivity index (χ4n) is 1.10. The Morgan fingerprint density at radius 1 is 0.812 bits per heavy atom. The van der Waals surface area contributed by atoms with Crippen LogP contribution in [0.3, 0.4) is 0 Å². The van der Waals surface area contributed by atoms with Gasteiger partial charge in [-0.05, 0) is 26.7 Å². The highest BCUT2D eigenvalue weighted by molar-refractivity contribution is 4.99. The Labute approximate surface area is 99.6 Å². The summed E-state index contributed by atoms with van der Waals surface area (Å²) in [6.07, 6.45) is 2.56. The highest BCUT2D eigenvalue weighted by Crippen LogP contribution is 1.98. The first-order valence-electron chi connectivity index (χ1n) is 6.07. The van der Waals surface area contributed by atoms with Gasteiger partial charge in [-0.1, -0.05) is 36.4 Å². The molecule has 1 fully saturated rings. The summed E-state index contributed by atoms with van der Waals surface area (Å²) < 4.78 is 9.78. The summed E-state index contributed by atoms with van der Waals surface area (Å²) in [6, 6.07) is 12.0. The van der Waals surface area contributed by atoms with E-state index >= 15 is 0 Å². The second-order valence-corrected chi connectivity index (χ2v) is 3.26. The molecular weight excluding hydrogens is 200 g/mol. The van der Waals surface area contributed by atoms with Crippen molar-refractivity contribution >= 4 is 0 Å². The van der Waals surface area contributed by atoms with Crippen LogP contribution in [0.25, 0.3) is 0 Å². The lowest BCUT2D eigenvalue weighted by atomic mass is 10.4. The first-order chi connectivity index (χ1) is 7.91. The number of ether oxygens (including phenoxy) is 2. The summed E-state index contributed by atoms with van der Waals surface area (Å²) in [6.45, 7) is 7.67. The maximum absolute atomic E-state index is 4.94. The average molecular weight is 224 g/mol. The maximum atomic E-state index is 4.94. The zero-order valence-electron chi connectivity index (χ0n) is 10.5. The van der Waals surface area contributed by atoms with Gasteiger partial charge < -0.3 is 9.47 Å². The van der Waals surface area contributed by atoms with Gasteiger partial charge in [0, 0.05) is 26.4 Å². The van der Waals surface area contributed by atoms with Crippen molar-refractivity contribution in [2.75, 3.05) is 26.4 Å². The minimum atomic E-state index is 0.844. The van der Waals surface area contributed by atoms with Gasteiger partial charge >= 0.3 is 0 Å². The maximum Gasteiger partial charge on any atom is 0.0466 e. The van der Waals surface area contributed by atoms with E-state index in [2.05, 4.69) is 0 Å². The largest absolute Gasteiger partial charge is 0.382 e. The highest BCUT2D eigenvalue weighted by atomic mass is 16.5. The van der Waals surface area contributed by atoms with Crippen molar-refractivity contribution < 1.29 is 9.47 Å². The zero-order chi connectivity index (χ0) is 11.9. The lowest BCUT2D eigenvalue weighted by Gasteiger charge is -1.86. The van der Waals surface area contributed by atoms with Gasteiger partial charge in [0.05, 0.1) is 0 Å². The lowest BCUT2D eigenvalue weighted by molar-refractivity contribution is 0.162. The normalized spacial score (nSPS) is 13.1.